The molecule has 1 N–H and O–H groups in total. The van der Waals surface area contributed by atoms with Crippen molar-refractivity contribution >= 4 is 23.2 Å². The lowest BCUT2D eigenvalue weighted by molar-refractivity contribution is -0.141. The molecule has 3 aromatic rings. The van der Waals surface area contributed by atoms with Crippen LogP contribution in [0.3, 0.4) is 0 Å². The van der Waals surface area contributed by atoms with Gasteiger partial charge in [-0.3, -0.25) is 9.78 Å². The molecule has 1 heterocycles. The van der Waals surface area contributed by atoms with Gasteiger partial charge in [0, 0.05) is 36.6 Å². The van der Waals surface area contributed by atoms with Crippen LogP contribution in [0, 0.1) is 0 Å². The average molecular weight is 558 g/mol. The molecule has 12 heteroatoms. The number of ether oxygens (including phenoxy) is 2. The lowest BCUT2D eigenvalue weighted by Crippen LogP contribution is -2.40. The minimum absolute atomic E-state index is 0.0338. The van der Waals surface area contributed by atoms with Crippen LogP contribution in [0.2, 0.25) is 5.02 Å². The summed E-state index contributed by atoms with van der Waals surface area (Å²) in [4.78, 5) is 18.3. The number of benzene rings is 2. The fraction of sp³-hybridized carbons (Fsp3) is 0.308. The van der Waals surface area contributed by atoms with Crippen LogP contribution in [-0.4, -0.2) is 38.2 Å². The molecular formula is C26H25ClF5N3O3. The second kappa shape index (κ2) is 12.8. The molecule has 1 aromatic heterocycles. The lowest BCUT2D eigenvalue weighted by atomic mass is 10.0. The molecule has 204 valence electrons. The molecule has 38 heavy (non-hydrogen) atoms. The molecule has 1 amide bonds. The van der Waals surface area contributed by atoms with Crippen molar-refractivity contribution in [2.75, 3.05) is 25.6 Å². The zero-order valence-electron chi connectivity index (χ0n) is 20.4. The Bertz CT molecular complexity index is 1210. The maximum atomic E-state index is 13.1. The van der Waals surface area contributed by atoms with Gasteiger partial charge in [0.1, 0.15) is 11.7 Å². The summed E-state index contributed by atoms with van der Waals surface area (Å²) in [7, 11) is 2.78. The molecule has 0 aliphatic carbocycles. The van der Waals surface area contributed by atoms with Crippen molar-refractivity contribution < 1.29 is 36.2 Å². The van der Waals surface area contributed by atoms with Gasteiger partial charge < -0.3 is 19.7 Å². The van der Waals surface area contributed by atoms with Crippen molar-refractivity contribution in [3.8, 4) is 11.5 Å². The summed E-state index contributed by atoms with van der Waals surface area (Å²) >= 11 is 6.03. The standard InChI is InChI=1S/C26H25ClF5N3O3/c1-33-24(36)23(17-6-8-18(27)9-7-17)35(19-10-11-20(38-25(28)29)21(14-19)37-2)13-3-4-16-5-12-22(34-15-16)26(30,31)32/h5-12,14-15,23,25H,3-4,13H2,1-2H3,(H,33,36)/t23-/m0/s1. The second-order valence-electron chi connectivity index (χ2n) is 8.13. The van der Waals surface area contributed by atoms with Crippen LogP contribution >= 0.6 is 11.6 Å². The smallest absolute Gasteiger partial charge is 0.433 e. The van der Waals surface area contributed by atoms with E-state index in [0.29, 0.717) is 34.7 Å². The first-order valence-corrected chi connectivity index (χ1v) is 11.8. The highest BCUT2D eigenvalue weighted by Crippen LogP contribution is 2.36. The third kappa shape index (κ3) is 7.47. The van der Waals surface area contributed by atoms with Gasteiger partial charge in [0.25, 0.3) is 0 Å². The molecule has 0 spiro atoms. The van der Waals surface area contributed by atoms with Crippen molar-refractivity contribution in [2.24, 2.45) is 0 Å². The third-order valence-electron chi connectivity index (χ3n) is 5.67. The van der Waals surface area contributed by atoms with Gasteiger partial charge in [-0.1, -0.05) is 29.8 Å². The van der Waals surface area contributed by atoms with Crippen LogP contribution in [0.4, 0.5) is 27.6 Å². The summed E-state index contributed by atoms with van der Waals surface area (Å²) in [5, 5.41) is 3.11. The number of alkyl halides is 5. The number of hydrogen-bond acceptors (Lipinski definition) is 5. The average Bonchev–Trinajstić information content (AvgIpc) is 2.88. The van der Waals surface area contributed by atoms with Crippen LogP contribution in [-0.2, 0) is 17.4 Å². The minimum atomic E-state index is -4.53. The van der Waals surface area contributed by atoms with E-state index in [1.165, 1.54) is 44.6 Å². The van der Waals surface area contributed by atoms with E-state index in [1.807, 2.05) is 0 Å². The molecule has 3 rings (SSSR count). The van der Waals surface area contributed by atoms with Gasteiger partial charge in [0.15, 0.2) is 11.5 Å². The number of carbonyl (C=O) groups is 1. The summed E-state index contributed by atoms with van der Waals surface area (Å²) < 4.78 is 73.9. The van der Waals surface area contributed by atoms with Gasteiger partial charge >= 0.3 is 12.8 Å². The molecule has 0 saturated carbocycles. The molecule has 0 aliphatic heterocycles. The van der Waals surface area contributed by atoms with Crippen molar-refractivity contribution in [1.29, 1.82) is 0 Å². The summed E-state index contributed by atoms with van der Waals surface area (Å²) in [6.45, 7) is -2.80. The summed E-state index contributed by atoms with van der Waals surface area (Å²) in [6, 6.07) is 12.4. The fourth-order valence-electron chi connectivity index (χ4n) is 3.88. The Morgan fingerprint density at radius 3 is 2.34 bits per heavy atom. The summed E-state index contributed by atoms with van der Waals surface area (Å²) in [6.07, 6.45) is -2.58. The van der Waals surface area contributed by atoms with Crippen LogP contribution in [0.1, 0.15) is 29.3 Å². The van der Waals surface area contributed by atoms with Gasteiger partial charge in [0.05, 0.1) is 7.11 Å². The Morgan fingerprint density at radius 2 is 1.79 bits per heavy atom. The molecule has 0 saturated heterocycles. The highest BCUT2D eigenvalue weighted by Gasteiger charge is 2.32. The van der Waals surface area contributed by atoms with E-state index in [9.17, 15) is 26.7 Å². The quantitative estimate of drug-likeness (QED) is 0.281. The number of nitrogens with zero attached hydrogens (tertiary/aromatic N) is 2. The number of rotatable bonds is 11. The monoisotopic (exact) mass is 557 g/mol. The van der Waals surface area contributed by atoms with Gasteiger partial charge in [-0.2, -0.15) is 22.0 Å². The number of likely N-dealkylation sites (N-methyl/N-ethyl adjacent to an activating group) is 1. The molecule has 0 bridgehead atoms. The van der Waals surface area contributed by atoms with Crippen molar-refractivity contribution in [2.45, 2.75) is 31.7 Å². The highest BCUT2D eigenvalue weighted by molar-refractivity contribution is 6.30. The van der Waals surface area contributed by atoms with Crippen LogP contribution in [0.15, 0.2) is 60.8 Å². The van der Waals surface area contributed by atoms with Crippen molar-refractivity contribution in [1.82, 2.24) is 10.3 Å². The predicted molar refractivity (Wildman–Crippen MR) is 133 cm³/mol. The summed E-state index contributed by atoms with van der Waals surface area (Å²) in [5.74, 6) is -0.494. The first-order valence-electron chi connectivity index (χ1n) is 11.4. The van der Waals surface area contributed by atoms with Crippen LogP contribution in [0.25, 0.3) is 0 Å². The van der Waals surface area contributed by atoms with Gasteiger partial charge in [0.2, 0.25) is 5.91 Å². The highest BCUT2D eigenvalue weighted by atomic mass is 35.5. The molecule has 0 radical (unpaired) electrons. The normalized spacial score (nSPS) is 12.2. The van der Waals surface area contributed by atoms with E-state index in [2.05, 4.69) is 15.0 Å². The Hall–Kier alpha value is -3.60. The number of amides is 1. The zero-order valence-corrected chi connectivity index (χ0v) is 21.2. The van der Waals surface area contributed by atoms with Crippen molar-refractivity contribution in [3.63, 3.8) is 0 Å². The summed E-state index contributed by atoms with van der Waals surface area (Å²) in [5.41, 5.74) is 0.678. The predicted octanol–water partition coefficient (Wildman–Crippen LogP) is 6.29. The van der Waals surface area contributed by atoms with E-state index in [0.717, 1.165) is 6.07 Å². The van der Waals surface area contributed by atoms with E-state index in [1.54, 1.807) is 29.2 Å². The maximum Gasteiger partial charge on any atom is 0.433 e. The first kappa shape index (κ1) is 29.0. The lowest BCUT2D eigenvalue weighted by Gasteiger charge is -2.33. The second-order valence-corrected chi connectivity index (χ2v) is 8.56. The zero-order chi connectivity index (χ0) is 27.9. The largest absolute Gasteiger partial charge is 0.493 e. The third-order valence-corrected chi connectivity index (χ3v) is 5.92. The first-order chi connectivity index (χ1) is 18.0. The van der Waals surface area contributed by atoms with E-state index < -0.39 is 24.5 Å². The number of nitrogens with one attached hydrogen (secondary N) is 1. The maximum absolute atomic E-state index is 13.1. The number of pyridine rings is 1. The molecule has 0 unspecified atom stereocenters. The van der Waals surface area contributed by atoms with Gasteiger partial charge in [-0.15, -0.1) is 0 Å². The molecule has 1 atom stereocenters. The minimum Gasteiger partial charge on any atom is -0.493 e. The Kier molecular flexibility index (Phi) is 9.73. The number of halogens is 6. The van der Waals surface area contributed by atoms with E-state index >= 15 is 0 Å². The molecule has 6 nitrogen and oxygen atoms in total. The SMILES string of the molecule is CNC(=O)[C@H](c1ccc(Cl)cc1)N(CCCc1ccc(C(F)(F)F)nc1)c1ccc(OC(F)F)c(OC)c1. The fourth-order valence-corrected chi connectivity index (χ4v) is 4.01. The van der Waals surface area contributed by atoms with Gasteiger partial charge in [-0.05, 0) is 54.3 Å². The van der Waals surface area contributed by atoms with Gasteiger partial charge in [-0.25, -0.2) is 0 Å². The number of anilines is 1. The number of carbonyl (C=O) groups excluding carboxylic acids is 1. The van der Waals surface area contributed by atoms with Crippen LogP contribution in [0.5, 0.6) is 11.5 Å². The number of methoxy groups -OCH3 is 1. The number of aromatic nitrogens is 1. The Balaban J connectivity index is 1.95. The van der Waals surface area contributed by atoms with Crippen LogP contribution < -0.4 is 19.7 Å². The van der Waals surface area contributed by atoms with Crippen molar-refractivity contribution in [3.05, 3.63) is 82.6 Å². The van der Waals surface area contributed by atoms with E-state index in [-0.39, 0.29) is 24.0 Å². The Labute approximate surface area is 221 Å². The number of hydrogen-bond donors (Lipinski definition) is 1. The Morgan fingerprint density at radius 1 is 1.08 bits per heavy atom. The molecule has 2 aromatic carbocycles. The van der Waals surface area contributed by atoms with E-state index in [4.69, 9.17) is 16.3 Å². The topological polar surface area (TPSA) is 63.7 Å². The number of aryl methyl sites for hydroxylation is 1. The molecular weight excluding hydrogens is 533 g/mol. The molecule has 0 fully saturated rings. The molecule has 0 aliphatic rings.